The van der Waals surface area contributed by atoms with Crippen molar-refractivity contribution in [1.29, 1.82) is 0 Å². The molecule has 2 saturated heterocycles. The summed E-state index contributed by atoms with van der Waals surface area (Å²) in [5, 5.41) is 14.0. The zero-order chi connectivity index (χ0) is 26.1. The quantitative estimate of drug-likeness (QED) is 0.283. The van der Waals surface area contributed by atoms with Crippen LogP contribution in [0, 0.1) is 6.92 Å². The number of fused-ring (bicyclic) bond motifs is 1. The minimum absolute atomic E-state index is 0.130. The third-order valence-electron chi connectivity index (χ3n) is 7.46. The van der Waals surface area contributed by atoms with Gasteiger partial charge in [-0.2, -0.15) is 0 Å². The third-order valence-corrected chi connectivity index (χ3v) is 8.71. The lowest BCUT2D eigenvalue weighted by Gasteiger charge is -2.17. The lowest BCUT2D eigenvalue weighted by molar-refractivity contribution is 0.174. The molecule has 3 aromatic carbocycles. The van der Waals surface area contributed by atoms with E-state index in [-0.39, 0.29) is 11.8 Å². The average molecular weight is 529 g/mol. The normalized spacial score (nSPS) is 17.6. The van der Waals surface area contributed by atoms with Crippen molar-refractivity contribution < 1.29 is 19.4 Å². The number of thiophene rings is 1. The second-order valence-electron chi connectivity index (χ2n) is 10.3. The number of benzene rings is 3. The number of ether oxygens (including phenoxy) is 2. The molecule has 1 aromatic heterocycles. The van der Waals surface area contributed by atoms with Crippen molar-refractivity contribution >= 4 is 27.5 Å². The largest absolute Gasteiger partial charge is 0.508 e. The van der Waals surface area contributed by atoms with Crippen molar-refractivity contribution in [2.45, 2.75) is 38.8 Å². The van der Waals surface area contributed by atoms with Crippen LogP contribution in [0.15, 0.2) is 60.7 Å². The molecule has 196 valence electrons. The van der Waals surface area contributed by atoms with Crippen LogP contribution in [0.1, 0.15) is 35.1 Å². The Kier molecular flexibility index (Phi) is 6.96. The number of hydrogen-bond donors (Lipinski definition) is 2. The van der Waals surface area contributed by atoms with Gasteiger partial charge >= 0.3 is 6.09 Å². The first-order valence-corrected chi connectivity index (χ1v) is 14.1. The van der Waals surface area contributed by atoms with Crippen molar-refractivity contribution in [3.63, 3.8) is 0 Å². The highest BCUT2D eigenvalue weighted by molar-refractivity contribution is 7.22. The highest BCUT2D eigenvalue weighted by atomic mass is 32.1. The predicted molar refractivity (Wildman–Crippen MR) is 151 cm³/mol. The van der Waals surface area contributed by atoms with Crippen molar-refractivity contribution in [3.05, 3.63) is 82.9 Å². The number of alkyl carbamates (subject to hydrolysis) is 1. The molecule has 7 heteroatoms. The molecule has 2 fully saturated rings. The Morgan fingerprint density at radius 2 is 1.89 bits per heavy atom. The van der Waals surface area contributed by atoms with Gasteiger partial charge in [0.25, 0.3) is 0 Å². The number of nitrogens with one attached hydrogen (secondary N) is 1. The van der Waals surface area contributed by atoms with E-state index in [1.807, 2.05) is 24.3 Å². The average Bonchev–Trinajstić information content (AvgIpc) is 3.66. The number of likely N-dealkylation sites (tertiary alicyclic amines) is 1. The number of rotatable bonds is 8. The molecule has 0 saturated carbocycles. The summed E-state index contributed by atoms with van der Waals surface area (Å²) < 4.78 is 11.9. The standard InChI is InChI=1S/C31H32N2O4S/c1-20-14-21(4-5-23(20)17-33-12-2-3-13-33)15-28-27-11-8-25(34)16-29(27)38-30(28)22-6-9-26(10-7-22)36-18-24-19-37-31(35)32-24/h4-11,14,16,24,34H,2-3,12-13,15,17-19H2,1H3,(H,32,35). The topological polar surface area (TPSA) is 71.0 Å². The number of amides is 1. The van der Waals surface area contributed by atoms with E-state index in [4.69, 9.17) is 9.47 Å². The van der Waals surface area contributed by atoms with E-state index in [0.29, 0.717) is 13.2 Å². The van der Waals surface area contributed by atoms with Gasteiger partial charge in [-0.3, -0.25) is 4.90 Å². The summed E-state index contributed by atoms with van der Waals surface area (Å²) in [6, 6.07) is 20.5. The number of cyclic esters (lactones) is 1. The highest BCUT2D eigenvalue weighted by Gasteiger charge is 2.23. The Hall–Kier alpha value is -3.55. The van der Waals surface area contributed by atoms with E-state index < -0.39 is 6.09 Å². The molecule has 3 heterocycles. The van der Waals surface area contributed by atoms with Gasteiger partial charge in [0.1, 0.15) is 30.8 Å². The smallest absolute Gasteiger partial charge is 0.407 e. The number of carbonyl (C=O) groups excluding carboxylic acids is 1. The summed E-state index contributed by atoms with van der Waals surface area (Å²) in [4.78, 5) is 15.0. The van der Waals surface area contributed by atoms with Crippen molar-refractivity contribution in [2.24, 2.45) is 0 Å². The lowest BCUT2D eigenvalue weighted by atomic mass is 9.96. The Labute approximate surface area is 226 Å². The maximum Gasteiger partial charge on any atom is 0.407 e. The summed E-state index contributed by atoms with van der Waals surface area (Å²) in [6.07, 6.45) is 3.04. The summed E-state index contributed by atoms with van der Waals surface area (Å²) in [7, 11) is 0. The minimum Gasteiger partial charge on any atom is -0.508 e. The van der Waals surface area contributed by atoms with Crippen LogP contribution in [-0.2, 0) is 17.7 Å². The molecular weight excluding hydrogens is 496 g/mol. The van der Waals surface area contributed by atoms with Gasteiger partial charge in [-0.05, 0) is 115 Å². The van der Waals surface area contributed by atoms with E-state index >= 15 is 0 Å². The van der Waals surface area contributed by atoms with E-state index in [1.165, 1.54) is 58.4 Å². The van der Waals surface area contributed by atoms with E-state index in [0.717, 1.165) is 29.0 Å². The molecule has 0 aliphatic carbocycles. The van der Waals surface area contributed by atoms with Crippen molar-refractivity contribution in [1.82, 2.24) is 10.2 Å². The fourth-order valence-corrected chi connectivity index (χ4v) is 6.65. The van der Waals surface area contributed by atoms with Crippen LogP contribution in [0.4, 0.5) is 4.79 Å². The number of nitrogens with zero attached hydrogens (tertiary/aromatic N) is 1. The summed E-state index contributed by atoms with van der Waals surface area (Å²) >= 11 is 1.71. The first kappa shape index (κ1) is 24.8. The number of phenols is 1. The van der Waals surface area contributed by atoms with Gasteiger partial charge in [0.05, 0.1) is 0 Å². The Bertz CT molecular complexity index is 1460. The number of aromatic hydroxyl groups is 1. The lowest BCUT2D eigenvalue weighted by Crippen LogP contribution is -2.32. The van der Waals surface area contributed by atoms with Gasteiger partial charge in [-0.25, -0.2) is 4.79 Å². The number of phenolic OH excluding ortho intramolecular Hbond substituents is 1. The second kappa shape index (κ2) is 10.7. The van der Waals surface area contributed by atoms with Gasteiger partial charge in [-0.1, -0.05) is 18.2 Å². The van der Waals surface area contributed by atoms with E-state index in [1.54, 1.807) is 17.4 Å². The van der Waals surface area contributed by atoms with Crippen LogP contribution in [0.5, 0.6) is 11.5 Å². The van der Waals surface area contributed by atoms with Gasteiger partial charge in [-0.15, -0.1) is 11.3 Å². The van der Waals surface area contributed by atoms with Crippen LogP contribution in [0.2, 0.25) is 0 Å². The fourth-order valence-electron chi connectivity index (χ4n) is 5.39. The molecule has 0 bridgehead atoms. The molecular formula is C31H32N2O4S. The van der Waals surface area contributed by atoms with Crippen LogP contribution in [-0.4, -0.2) is 48.4 Å². The molecule has 4 aromatic rings. The Morgan fingerprint density at radius 1 is 1.08 bits per heavy atom. The number of hydrogen-bond acceptors (Lipinski definition) is 6. The number of aryl methyl sites for hydroxylation is 1. The molecule has 38 heavy (non-hydrogen) atoms. The molecule has 1 amide bonds. The van der Waals surface area contributed by atoms with Gasteiger partial charge < -0.3 is 19.9 Å². The monoisotopic (exact) mass is 528 g/mol. The second-order valence-corrected chi connectivity index (χ2v) is 11.3. The van der Waals surface area contributed by atoms with Gasteiger partial charge in [0.2, 0.25) is 0 Å². The van der Waals surface area contributed by atoms with Crippen molar-refractivity contribution in [2.75, 3.05) is 26.3 Å². The Morgan fingerprint density at radius 3 is 2.63 bits per heavy atom. The maximum atomic E-state index is 11.2. The first-order chi connectivity index (χ1) is 18.5. The predicted octanol–water partition coefficient (Wildman–Crippen LogP) is 6.26. The van der Waals surface area contributed by atoms with E-state index in [9.17, 15) is 9.90 Å². The summed E-state index contributed by atoms with van der Waals surface area (Å²) in [5.74, 6) is 1.03. The molecule has 6 nitrogen and oxygen atoms in total. The Balaban J connectivity index is 1.25. The van der Waals surface area contributed by atoms with Crippen molar-refractivity contribution in [3.8, 4) is 21.9 Å². The molecule has 1 atom stereocenters. The SMILES string of the molecule is Cc1cc(Cc2c(-c3ccc(OCC4COC(=O)N4)cc3)sc3cc(O)ccc23)ccc1CN1CCCC1. The first-order valence-electron chi connectivity index (χ1n) is 13.2. The molecule has 6 rings (SSSR count). The van der Waals surface area contributed by atoms with Crippen LogP contribution in [0.25, 0.3) is 20.5 Å². The van der Waals surface area contributed by atoms with Crippen LogP contribution in [0.3, 0.4) is 0 Å². The zero-order valence-corrected chi connectivity index (χ0v) is 22.4. The fraction of sp³-hybridized carbons (Fsp3) is 0.323. The molecule has 0 radical (unpaired) electrons. The molecule has 2 aliphatic rings. The zero-order valence-electron chi connectivity index (χ0n) is 21.5. The molecule has 0 spiro atoms. The van der Waals surface area contributed by atoms with Crippen LogP contribution >= 0.6 is 11.3 Å². The minimum atomic E-state index is -0.395. The molecule has 1 unspecified atom stereocenters. The van der Waals surface area contributed by atoms with Gasteiger partial charge in [0.15, 0.2) is 0 Å². The summed E-state index contributed by atoms with van der Waals surface area (Å²) in [6.45, 7) is 6.36. The number of carbonyl (C=O) groups is 1. The van der Waals surface area contributed by atoms with Crippen LogP contribution < -0.4 is 10.1 Å². The highest BCUT2D eigenvalue weighted by Crippen LogP contribution is 2.41. The van der Waals surface area contributed by atoms with E-state index in [2.05, 4.69) is 47.5 Å². The summed E-state index contributed by atoms with van der Waals surface area (Å²) in [5.41, 5.74) is 6.44. The maximum absolute atomic E-state index is 11.2. The van der Waals surface area contributed by atoms with Gasteiger partial charge in [0, 0.05) is 16.1 Å². The molecule has 2 N–H and O–H groups in total. The third kappa shape index (κ3) is 5.35. The molecule has 2 aliphatic heterocycles.